The number of aromatic nitrogens is 1. The first-order chi connectivity index (χ1) is 25.8. The monoisotopic (exact) mass is 811 g/mol. The van der Waals surface area contributed by atoms with Crippen molar-refractivity contribution >= 4 is 56.3 Å². The summed E-state index contributed by atoms with van der Waals surface area (Å²) >= 11 is 6.36. The second-order valence-electron chi connectivity index (χ2n) is 15.5. The van der Waals surface area contributed by atoms with Gasteiger partial charge < -0.3 is 30.1 Å². The van der Waals surface area contributed by atoms with Crippen LogP contribution in [0.4, 0.5) is 18.0 Å². The summed E-state index contributed by atoms with van der Waals surface area (Å²) in [6.07, 6.45) is -0.0433. The molecule has 5 aliphatic rings. The van der Waals surface area contributed by atoms with Crippen molar-refractivity contribution in [2.45, 2.75) is 112 Å². The molecular weight excluding hydrogens is 771 g/mol. The number of benzene rings is 1. The lowest BCUT2D eigenvalue weighted by atomic mass is 9.87. The van der Waals surface area contributed by atoms with E-state index < -0.39 is 91.9 Å². The Bertz CT molecular complexity index is 2110. The molecule has 3 fully saturated rings. The first kappa shape index (κ1) is 38.9. The number of pyridine rings is 1. The van der Waals surface area contributed by atoms with Crippen molar-refractivity contribution in [2.24, 2.45) is 5.92 Å². The van der Waals surface area contributed by atoms with Crippen molar-refractivity contribution in [1.29, 1.82) is 0 Å². The van der Waals surface area contributed by atoms with Gasteiger partial charge in [-0.15, -0.1) is 0 Å². The summed E-state index contributed by atoms with van der Waals surface area (Å²) in [4.78, 5) is 59.4. The van der Waals surface area contributed by atoms with Crippen LogP contribution in [0.5, 0.6) is 11.5 Å². The second-order valence-corrected chi connectivity index (χ2v) is 18.1. The number of aryl methyl sites for hydroxylation is 1. The molecule has 0 radical (unpaired) electrons. The molecule has 5 atom stereocenters. The van der Waals surface area contributed by atoms with E-state index in [0.29, 0.717) is 38.5 Å². The zero-order chi connectivity index (χ0) is 39.7. The number of carbonyl (C=O) groups is 4. The average molecular weight is 812 g/mol. The Morgan fingerprint density at radius 1 is 1.15 bits per heavy atom. The number of alkyl halides is 3. The van der Waals surface area contributed by atoms with E-state index in [1.807, 2.05) is 6.08 Å². The highest BCUT2D eigenvalue weighted by atomic mass is 35.5. The number of hydrogen-bond donors (Lipinski definition) is 4. The van der Waals surface area contributed by atoms with E-state index >= 15 is 0 Å². The Balaban J connectivity index is 1.28. The summed E-state index contributed by atoms with van der Waals surface area (Å²) in [5.41, 5.74) is -4.58. The highest BCUT2D eigenvalue weighted by Crippen LogP contribution is 2.51. The highest BCUT2D eigenvalue weighted by molar-refractivity contribution is 7.91. The van der Waals surface area contributed by atoms with E-state index in [4.69, 9.17) is 21.1 Å². The number of methoxy groups -OCH3 is 1. The number of ether oxygens (including phenoxy) is 2. The normalized spacial score (nSPS) is 29.1. The summed E-state index contributed by atoms with van der Waals surface area (Å²) < 4.78 is 82.9. The van der Waals surface area contributed by atoms with E-state index in [1.165, 1.54) is 26.2 Å². The van der Waals surface area contributed by atoms with Crippen LogP contribution in [0, 0.1) is 5.92 Å². The smallest absolute Gasteiger partial charge is 0.437 e. The van der Waals surface area contributed by atoms with Gasteiger partial charge in [-0.2, -0.15) is 13.2 Å². The average Bonchev–Trinajstić information content (AvgIpc) is 4.00. The predicted molar refractivity (Wildman–Crippen MR) is 191 cm³/mol. The molecule has 4 amide bonds. The number of fused-ring (bicyclic) bond motifs is 5. The topological polar surface area (TPSA) is 193 Å². The van der Waals surface area contributed by atoms with E-state index in [2.05, 4.69) is 20.3 Å². The number of nitrogens with one attached hydrogen (secondary N) is 3. The van der Waals surface area contributed by atoms with Crippen LogP contribution in [0.2, 0.25) is 5.02 Å². The van der Waals surface area contributed by atoms with Gasteiger partial charge in [-0.3, -0.25) is 19.1 Å². The highest BCUT2D eigenvalue weighted by Gasteiger charge is 2.64. The fourth-order valence-electron chi connectivity index (χ4n) is 8.02. The molecule has 55 heavy (non-hydrogen) atoms. The molecule has 3 aliphatic heterocycles. The van der Waals surface area contributed by atoms with Crippen molar-refractivity contribution in [2.75, 3.05) is 13.7 Å². The largest absolute Gasteiger partial charge is 0.497 e. The number of halogens is 4. The molecule has 14 nitrogen and oxygen atoms in total. The SMILES string of the molecule is COc1cc(Cl)c2nc(C(F)(F)F)c3c(c2c1)CC[C@]1(C[C@H]2C(=O)N[C@]4(C(=O)NS(=O)(=O)C5(C)CC5)C[C@H]4C=CCCCCC[C@H](NC(=O)O)C(=O)N2C1)O3. The van der Waals surface area contributed by atoms with Crippen molar-refractivity contribution < 1.29 is 55.3 Å². The molecule has 1 spiro atoms. The zero-order valence-electron chi connectivity index (χ0n) is 30.1. The minimum Gasteiger partial charge on any atom is -0.497 e. The van der Waals surface area contributed by atoms with Gasteiger partial charge in [0.15, 0.2) is 11.4 Å². The van der Waals surface area contributed by atoms with Crippen molar-refractivity contribution in [3.63, 3.8) is 0 Å². The maximum Gasteiger partial charge on any atom is 0.437 e. The van der Waals surface area contributed by atoms with Gasteiger partial charge in [0.1, 0.15) is 29.0 Å². The van der Waals surface area contributed by atoms with Gasteiger partial charge >= 0.3 is 12.3 Å². The second kappa shape index (κ2) is 13.7. The molecule has 0 unspecified atom stereocenters. The van der Waals surface area contributed by atoms with Crippen LogP contribution in [0.3, 0.4) is 0 Å². The van der Waals surface area contributed by atoms with Gasteiger partial charge in [0.2, 0.25) is 21.8 Å². The van der Waals surface area contributed by atoms with Gasteiger partial charge in [0.05, 0.1) is 28.9 Å². The van der Waals surface area contributed by atoms with E-state index in [-0.39, 0.29) is 59.3 Å². The quantitative estimate of drug-likeness (QED) is 0.310. The van der Waals surface area contributed by atoms with Crippen molar-refractivity contribution in [3.05, 3.63) is 40.6 Å². The fraction of sp³-hybridized carbons (Fsp3) is 0.583. The van der Waals surface area contributed by atoms with Crippen LogP contribution in [0.1, 0.15) is 82.4 Å². The maximum atomic E-state index is 14.7. The molecule has 0 bridgehead atoms. The number of amides is 4. The van der Waals surface area contributed by atoms with Crippen LogP contribution < -0.4 is 24.8 Å². The summed E-state index contributed by atoms with van der Waals surface area (Å²) in [5, 5.41) is 14.8. The van der Waals surface area contributed by atoms with Crippen molar-refractivity contribution in [3.8, 4) is 11.5 Å². The van der Waals surface area contributed by atoms with Gasteiger partial charge in [0.25, 0.3) is 5.91 Å². The standard InChI is InChI=1S/C36H41ClF3N5O9S/c1-33(12-13-33)55(51,52)44-31(48)35-16-19(35)8-6-4-3-5-7-9-24(41-32(49)50)30(47)45-18-34(17-25(45)29(46)43-35)11-10-21-22-14-20(53-2)15-23(37)26(22)42-28(27(21)54-34)36(38,39)40/h6,8,14-15,19,24-25,41H,3-5,7,9-13,16-18H2,1-2H3,(H,43,46)(H,44,48)(H,49,50)/t19-,24+,25+,34-,35-/m1/s1. The Labute approximate surface area is 319 Å². The number of rotatable bonds is 5. The molecule has 1 aromatic carbocycles. The zero-order valence-corrected chi connectivity index (χ0v) is 31.6. The van der Waals surface area contributed by atoms with Gasteiger partial charge in [-0.05, 0) is 64.4 Å². The third kappa shape index (κ3) is 7.15. The first-order valence-corrected chi connectivity index (χ1v) is 20.0. The lowest BCUT2D eigenvalue weighted by Gasteiger charge is -2.37. The lowest BCUT2D eigenvalue weighted by Crippen LogP contribution is -2.58. The van der Waals surface area contributed by atoms with Crippen LogP contribution in [0.25, 0.3) is 10.9 Å². The van der Waals surface area contributed by atoms with Crippen LogP contribution in [-0.4, -0.2) is 88.8 Å². The third-order valence-corrected chi connectivity index (χ3v) is 14.1. The Morgan fingerprint density at radius 3 is 2.56 bits per heavy atom. The molecule has 2 saturated carbocycles. The summed E-state index contributed by atoms with van der Waals surface area (Å²) in [5.74, 6) is -3.49. The van der Waals surface area contributed by atoms with Crippen LogP contribution >= 0.6 is 11.6 Å². The van der Waals surface area contributed by atoms with Crippen molar-refractivity contribution in [1.82, 2.24) is 25.2 Å². The number of sulfonamides is 1. The molecule has 1 aromatic heterocycles. The molecule has 7 rings (SSSR count). The number of hydrogen-bond acceptors (Lipinski definition) is 9. The Morgan fingerprint density at radius 2 is 1.89 bits per heavy atom. The van der Waals surface area contributed by atoms with E-state index in [0.717, 1.165) is 4.90 Å². The van der Waals surface area contributed by atoms with E-state index in [9.17, 15) is 45.9 Å². The van der Waals surface area contributed by atoms with E-state index in [1.54, 1.807) is 6.08 Å². The molecular formula is C36H41ClF3N5O9S. The molecule has 4 heterocycles. The molecule has 1 saturated heterocycles. The van der Waals surface area contributed by atoms with Gasteiger partial charge in [-0.25, -0.2) is 18.2 Å². The van der Waals surface area contributed by atoms with Gasteiger partial charge in [0, 0.05) is 29.4 Å². The van der Waals surface area contributed by atoms with Gasteiger partial charge in [-0.1, -0.05) is 36.6 Å². The number of allylic oxidation sites excluding steroid dienone is 1. The minimum absolute atomic E-state index is 0.00998. The third-order valence-electron chi connectivity index (χ3n) is 11.6. The molecule has 298 valence electrons. The molecule has 19 heteroatoms. The van der Waals surface area contributed by atoms with Crippen LogP contribution in [-0.2, 0) is 37.0 Å². The summed E-state index contributed by atoms with van der Waals surface area (Å²) in [7, 11) is -2.73. The van der Waals surface area contributed by atoms with Crippen LogP contribution in [0.15, 0.2) is 24.3 Å². The molecule has 4 N–H and O–H groups in total. The Kier molecular flexibility index (Phi) is 9.70. The summed E-state index contributed by atoms with van der Waals surface area (Å²) in [6.45, 7) is 1.11. The summed E-state index contributed by atoms with van der Waals surface area (Å²) in [6, 6.07) is 0.0985. The minimum atomic E-state index is -5.00. The maximum absolute atomic E-state index is 14.7. The first-order valence-electron chi connectivity index (χ1n) is 18.1. The molecule has 2 aromatic rings. The molecule has 2 aliphatic carbocycles. The number of nitrogens with zero attached hydrogens (tertiary/aromatic N) is 2. The predicted octanol–water partition coefficient (Wildman–Crippen LogP) is 4.61. The Hall–Kier alpha value is -4.32. The lowest BCUT2D eigenvalue weighted by molar-refractivity contribution is -0.144. The fourth-order valence-corrected chi connectivity index (χ4v) is 9.59. The number of carbonyl (C=O) groups excluding carboxylic acids is 3. The number of carboxylic acid groups (broad SMARTS) is 1.